The maximum absolute atomic E-state index is 12.5. The first-order valence-electron chi connectivity index (χ1n) is 9.56. The second kappa shape index (κ2) is 8.20. The molecule has 1 aliphatic rings. The minimum atomic E-state index is -0.240. The van der Waals surface area contributed by atoms with Crippen LogP contribution in [-0.2, 0) is 0 Å². The molecule has 2 heterocycles. The SMILES string of the molecule is N/C(=C\Nc1ccc(C(=O)N2CCNCC2)cc1)c1cc2ccccc2[nH]c1=O. The number of benzene rings is 2. The Morgan fingerprint density at radius 3 is 2.55 bits per heavy atom. The van der Waals surface area contributed by atoms with Crippen molar-refractivity contribution in [3.05, 3.63) is 82.3 Å². The molecular weight excluding hydrogens is 366 g/mol. The number of para-hydroxylation sites is 1. The van der Waals surface area contributed by atoms with E-state index in [1.807, 2.05) is 41.3 Å². The molecule has 29 heavy (non-hydrogen) atoms. The van der Waals surface area contributed by atoms with Crippen LogP contribution in [0.25, 0.3) is 16.6 Å². The Hall–Kier alpha value is -3.58. The highest BCUT2D eigenvalue weighted by molar-refractivity contribution is 5.94. The number of hydrogen-bond donors (Lipinski definition) is 4. The number of aromatic amines is 1. The number of aromatic nitrogens is 1. The summed E-state index contributed by atoms with van der Waals surface area (Å²) in [6.07, 6.45) is 1.59. The van der Waals surface area contributed by atoms with Gasteiger partial charge in [0.25, 0.3) is 11.5 Å². The average Bonchev–Trinajstić information content (AvgIpc) is 2.77. The molecule has 2 aromatic carbocycles. The summed E-state index contributed by atoms with van der Waals surface area (Å²) in [4.78, 5) is 29.5. The maximum atomic E-state index is 12.5. The first-order chi connectivity index (χ1) is 14.1. The van der Waals surface area contributed by atoms with E-state index in [0.717, 1.165) is 42.8 Å². The molecule has 0 atom stereocenters. The van der Waals surface area contributed by atoms with Crippen molar-refractivity contribution in [1.82, 2.24) is 15.2 Å². The summed E-state index contributed by atoms with van der Waals surface area (Å²) in [5, 5.41) is 7.24. The number of anilines is 1. The predicted molar refractivity (Wildman–Crippen MR) is 116 cm³/mol. The van der Waals surface area contributed by atoms with Crippen LogP contribution in [0.2, 0.25) is 0 Å². The molecule has 1 aliphatic heterocycles. The molecule has 0 unspecified atom stereocenters. The van der Waals surface area contributed by atoms with Crippen LogP contribution < -0.4 is 21.9 Å². The quantitative estimate of drug-likeness (QED) is 0.546. The van der Waals surface area contributed by atoms with Gasteiger partial charge in [-0.2, -0.15) is 0 Å². The fraction of sp³-hybridized carbons (Fsp3) is 0.182. The van der Waals surface area contributed by atoms with E-state index < -0.39 is 0 Å². The van der Waals surface area contributed by atoms with E-state index >= 15 is 0 Å². The fourth-order valence-electron chi connectivity index (χ4n) is 3.36. The van der Waals surface area contributed by atoms with Crippen LogP contribution in [-0.4, -0.2) is 42.0 Å². The topological polar surface area (TPSA) is 103 Å². The van der Waals surface area contributed by atoms with Gasteiger partial charge in [0.1, 0.15) is 0 Å². The van der Waals surface area contributed by atoms with E-state index in [0.29, 0.717) is 16.8 Å². The summed E-state index contributed by atoms with van der Waals surface area (Å²) in [6.45, 7) is 3.09. The third-order valence-corrected chi connectivity index (χ3v) is 4.99. The van der Waals surface area contributed by atoms with E-state index in [1.165, 1.54) is 0 Å². The number of nitrogens with two attached hydrogens (primary N) is 1. The summed E-state index contributed by atoms with van der Waals surface area (Å²) in [7, 11) is 0. The van der Waals surface area contributed by atoms with Crippen molar-refractivity contribution < 1.29 is 4.79 Å². The third kappa shape index (κ3) is 4.14. The molecule has 3 aromatic rings. The molecular formula is C22H23N5O2. The third-order valence-electron chi connectivity index (χ3n) is 4.99. The molecule has 7 heteroatoms. The molecule has 4 rings (SSSR count). The first-order valence-corrected chi connectivity index (χ1v) is 9.56. The van der Waals surface area contributed by atoms with Crippen LogP contribution in [0.15, 0.2) is 65.6 Å². The van der Waals surface area contributed by atoms with Crippen LogP contribution in [0.4, 0.5) is 5.69 Å². The van der Waals surface area contributed by atoms with Gasteiger partial charge in [0.05, 0.1) is 11.3 Å². The molecule has 0 saturated carbocycles. The molecule has 0 radical (unpaired) electrons. The van der Waals surface area contributed by atoms with Crippen molar-refractivity contribution in [1.29, 1.82) is 0 Å². The summed E-state index contributed by atoms with van der Waals surface area (Å²) in [5.41, 5.74) is 8.82. The zero-order chi connectivity index (χ0) is 20.2. The van der Waals surface area contributed by atoms with Crippen LogP contribution >= 0.6 is 0 Å². The molecule has 7 nitrogen and oxygen atoms in total. The summed E-state index contributed by atoms with van der Waals surface area (Å²) < 4.78 is 0. The number of rotatable bonds is 4. The van der Waals surface area contributed by atoms with Crippen molar-refractivity contribution in [3.8, 4) is 0 Å². The molecule has 0 spiro atoms. The highest BCUT2D eigenvalue weighted by Gasteiger charge is 2.17. The molecule has 5 N–H and O–H groups in total. The number of H-pyrrole nitrogens is 1. The fourth-order valence-corrected chi connectivity index (χ4v) is 3.36. The smallest absolute Gasteiger partial charge is 0.257 e. The first kappa shape index (κ1) is 18.8. The molecule has 0 aliphatic carbocycles. The van der Waals surface area contributed by atoms with Crippen molar-refractivity contribution in [2.24, 2.45) is 5.73 Å². The standard InChI is InChI=1S/C22H23N5O2/c23-19(18-13-16-3-1-2-4-20(16)26-21(18)28)14-25-17-7-5-15(6-8-17)22(29)27-11-9-24-10-12-27/h1-8,13-14,24-25H,9-12,23H2,(H,26,28)/b19-14-. The van der Waals surface area contributed by atoms with E-state index in [-0.39, 0.29) is 11.5 Å². The highest BCUT2D eigenvalue weighted by Crippen LogP contribution is 2.15. The number of nitrogens with zero attached hydrogens (tertiary/aromatic N) is 1. The van der Waals surface area contributed by atoms with Gasteiger partial charge in [0.15, 0.2) is 0 Å². The van der Waals surface area contributed by atoms with E-state index in [9.17, 15) is 9.59 Å². The summed E-state index contributed by atoms with van der Waals surface area (Å²) in [5.74, 6) is 0.0378. The number of carbonyl (C=O) groups excluding carboxylic acids is 1. The second-order valence-electron chi connectivity index (χ2n) is 6.96. The number of amides is 1. The second-order valence-corrected chi connectivity index (χ2v) is 6.96. The zero-order valence-corrected chi connectivity index (χ0v) is 15.9. The lowest BCUT2D eigenvalue weighted by Gasteiger charge is -2.27. The van der Waals surface area contributed by atoms with E-state index in [1.54, 1.807) is 24.4 Å². The van der Waals surface area contributed by atoms with Gasteiger partial charge >= 0.3 is 0 Å². The lowest BCUT2D eigenvalue weighted by Crippen LogP contribution is -2.46. The Morgan fingerprint density at radius 1 is 1.07 bits per heavy atom. The highest BCUT2D eigenvalue weighted by atomic mass is 16.2. The number of piperazine rings is 1. The minimum Gasteiger partial charge on any atom is -0.397 e. The largest absolute Gasteiger partial charge is 0.397 e. The number of carbonyl (C=O) groups is 1. The van der Waals surface area contributed by atoms with Crippen molar-refractivity contribution in [3.63, 3.8) is 0 Å². The lowest BCUT2D eigenvalue weighted by atomic mass is 10.1. The molecule has 1 aromatic heterocycles. The molecule has 1 amide bonds. The van der Waals surface area contributed by atoms with Crippen LogP contribution in [0.1, 0.15) is 15.9 Å². The van der Waals surface area contributed by atoms with Crippen molar-refractivity contribution >= 4 is 28.2 Å². The van der Waals surface area contributed by atoms with Gasteiger partial charge in [-0.15, -0.1) is 0 Å². The van der Waals surface area contributed by atoms with Gasteiger partial charge in [-0.1, -0.05) is 18.2 Å². The number of nitrogens with one attached hydrogen (secondary N) is 3. The summed E-state index contributed by atoms with van der Waals surface area (Å²) >= 11 is 0. The van der Waals surface area contributed by atoms with Gasteiger partial charge < -0.3 is 26.3 Å². The molecule has 1 saturated heterocycles. The van der Waals surface area contributed by atoms with Crippen LogP contribution in [0.5, 0.6) is 0 Å². The molecule has 1 fully saturated rings. The normalized spacial score (nSPS) is 14.8. The summed E-state index contributed by atoms with van der Waals surface area (Å²) in [6, 6.07) is 16.6. The number of pyridine rings is 1. The zero-order valence-electron chi connectivity index (χ0n) is 15.9. The van der Waals surface area contributed by atoms with Gasteiger partial charge in [-0.25, -0.2) is 0 Å². The van der Waals surface area contributed by atoms with Crippen LogP contribution in [0.3, 0.4) is 0 Å². The Bertz CT molecular complexity index is 1110. The maximum Gasteiger partial charge on any atom is 0.257 e. The van der Waals surface area contributed by atoms with Gasteiger partial charge in [0, 0.05) is 49.1 Å². The van der Waals surface area contributed by atoms with Gasteiger partial charge in [-0.05, 0) is 41.8 Å². The van der Waals surface area contributed by atoms with Crippen molar-refractivity contribution in [2.75, 3.05) is 31.5 Å². The monoisotopic (exact) mass is 389 g/mol. The Kier molecular flexibility index (Phi) is 5.31. The van der Waals surface area contributed by atoms with Gasteiger partial charge in [0.2, 0.25) is 0 Å². The Labute approximate surface area is 168 Å². The molecule has 148 valence electrons. The average molecular weight is 389 g/mol. The Morgan fingerprint density at radius 2 is 1.79 bits per heavy atom. The predicted octanol–water partition coefficient (Wildman–Crippen LogP) is 1.94. The lowest BCUT2D eigenvalue weighted by molar-refractivity contribution is 0.0736. The Balaban J connectivity index is 1.48. The van der Waals surface area contributed by atoms with Gasteiger partial charge in [-0.3, -0.25) is 9.59 Å². The van der Waals surface area contributed by atoms with Crippen LogP contribution in [0, 0.1) is 0 Å². The van der Waals surface area contributed by atoms with Crippen molar-refractivity contribution in [2.45, 2.75) is 0 Å². The van der Waals surface area contributed by atoms with E-state index in [2.05, 4.69) is 15.6 Å². The minimum absolute atomic E-state index is 0.0378. The van der Waals surface area contributed by atoms with E-state index in [4.69, 9.17) is 5.73 Å². The number of hydrogen-bond acceptors (Lipinski definition) is 5. The molecule has 0 bridgehead atoms. The number of fused-ring (bicyclic) bond motifs is 1.